The van der Waals surface area contributed by atoms with Gasteiger partial charge in [-0.25, -0.2) is 9.69 Å². The number of carbonyl (C=O) groups excluding carboxylic acids is 3. The number of hydrogen-bond acceptors (Lipinski definition) is 7. The van der Waals surface area contributed by atoms with Gasteiger partial charge in [0.25, 0.3) is 17.5 Å². The third-order valence-corrected chi connectivity index (χ3v) is 6.57. The number of barbiturate groups is 1. The van der Waals surface area contributed by atoms with Crippen LogP contribution in [0.15, 0.2) is 70.7 Å². The van der Waals surface area contributed by atoms with E-state index >= 15 is 0 Å². The topological polar surface area (TPSA) is 128 Å². The van der Waals surface area contributed by atoms with Gasteiger partial charge >= 0.3 is 6.03 Å². The van der Waals surface area contributed by atoms with Gasteiger partial charge < -0.3 is 9.47 Å². The van der Waals surface area contributed by atoms with Crippen LogP contribution in [-0.4, -0.2) is 29.4 Å². The molecular weight excluding hydrogens is 570 g/mol. The number of ether oxygens (including phenoxy) is 2. The Kier molecular flexibility index (Phi) is 8.40. The van der Waals surface area contributed by atoms with Crippen LogP contribution in [0.5, 0.6) is 11.5 Å². The van der Waals surface area contributed by atoms with Crippen molar-refractivity contribution in [2.45, 2.75) is 26.9 Å². The summed E-state index contributed by atoms with van der Waals surface area (Å²) < 4.78 is 12.1. The number of aryl methyl sites for hydroxylation is 1. The fourth-order valence-corrected chi connectivity index (χ4v) is 4.33. The quantitative estimate of drug-likeness (QED) is 0.149. The van der Waals surface area contributed by atoms with Crippen LogP contribution in [0.3, 0.4) is 0 Å². The molecule has 0 spiro atoms. The number of imide groups is 2. The molecule has 0 atom stereocenters. The molecular formula is C28H24BrN3O7. The SMILES string of the molecule is CCOc1cc(/C=C2/C(=O)NC(=O)N(c3ccc(CC)cc3)C2=O)c(Br)cc1OCc1cccc([N+](=O)[O-])c1. The van der Waals surface area contributed by atoms with Gasteiger partial charge in [0.15, 0.2) is 11.5 Å². The number of rotatable bonds is 9. The smallest absolute Gasteiger partial charge is 0.335 e. The molecule has 0 aromatic heterocycles. The van der Waals surface area contributed by atoms with Gasteiger partial charge in [-0.05, 0) is 60.4 Å². The first kappa shape index (κ1) is 27.5. The van der Waals surface area contributed by atoms with Gasteiger partial charge in [0.05, 0.1) is 17.2 Å². The molecule has 1 N–H and O–H groups in total. The summed E-state index contributed by atoms with van der Waals surface area (Å²) in [6.07, 6.45) is 2.17. The number of benzene rings is 3. The number of non-ortho nitro benzene ring substituents is 1. The van der Waals surface area contributed by atoms with E-state index in [4.69, 9.17) is 9.47 Å². The molecule has 1 fully saturated rings. The number of nitrogens with zero attached hydrogens (tertiary/aromatic N) is 2. The molecule has 0 aliphatic carbocycles. The Balaban J connectivity index is 1.64. The van der Waals surface area contributed by atoms with Crippen LogP contribution in [0, 0.1) is 10.1 Å². The molecule has 39 heavy (non-hydrogen) atoms. The minimum absolute atomic E-state index is 0.0451. The molecule has 10 nitrogen and oxygen atoms in total. The van der Waals surface area contributed by atoms with Crippen molar-refractivity contribution in [2.75, 3.05) is 11.5 Å². The van der Waals surface area contributed by atoms with Gasteiger partial charge in [0, 0.05) is 16.6 Å². The molecule has 4 rings (SSSR count). The lowest BCUT2D eigenvalue weighted by Crippen LogP contribution is -2.54. The molecule has 1 aliphatic heterocycles. The number of amides is 4. The van der Waals surface area contributed by atoms with E-state index in [-0.39, 0.29) is 17.9 Å². The van der Waals surface area contributed by atoms with Crippen LogP contribution < -0.4 is 19.7 Å². The standard InChI is InChI=1S/C28H24BrN3O7/c1-3-17-8-10-20(11-9-17)31-27(34)22(26(33)30-28(31)35)13-19-14-24(38-4-2)25(15-23(19)29)39-16-18-6-5-7-21(12-18)32(36)37/h5-15H,3-4,16H2,1-2H3,(H,30,33,35)/b22-13-. The molecule has 4 amide bonds. The van der Waals surface area contributed by atoms with E-state index in [0.717, 1.165) is 16.9 Å². The third-order valence-electron chi connectivity index (χ3n) is 5.88. The van der Waals surface area contributed by atoms with Gasteiger partial charge in [-0.15, -0.1) is 0 Å². The average Bonchev–Trinajstić information content (AvgIpc) is 2.92. The van der Waals surface area contributed by atoms with Crippen LogP contribution in [-0.2, 0) is 22.6 Å². The van der Waals surface area contributed by atoms with E-state index in [0.29, 0.717) is 39.4 Å². The van der Waals surface area contributed by atoms with E-state index in [2.05, 4.69) is 21.2 Å². The van der Waals surface area contributed by atoms with Crippen LogP contribution in [0.25, 0.3) is 6.08 Å². The largest absolute Gasteiger partial charge is 0.490 e. The minimum atomic E-state index is -0.828. The van der Waals surface area contributed by atoms with Crippen LogP contribution >= 0.6 is 15.9 Å². The third kappa shape index (κ3) is 6.15. The summed E-state index contributed by atoms with van der Waals surface area (Å²) in [7, 11) is 0. The lowest BCUT2D eigenvalue weighted by molar-refractivity contribution is -0.384. The summed E-state index contributed by atoms with van der Waals surface area (Å²) in [6.45, 7) is 4.13. The lowest BCUT2D eigenvalue weighted by atomic mass is 10.1. The van der Waals surface area contributed by atoms with E-state index in [1.807, 2.05) is 19.1 Å². The van der Waals surface area contributed by atoms with Gasteiger partial charge in [0.2, 0.25) is 0 Å². The minimum Gasteiger partial charge on any atom is -0.490 e. The van der Waals surface area contributed by atoms with Crippen molar-refractivity contribution < 1.29 is 28.8 Å². The zero-order valence-electron chi connectivity index (χ0n) is 21.1. The highest BCUT2D eigenvalue weighted by molar-refractivity contribution is 9.10. The van der Waals surface area contributed by atoms with Crippen LogP contribution in [0.1, 0.15) is 30.5 Å². The number of halogens is 1. The Hall–Kier alpha value is -4.51. The van der Waals surface area contributed by atoms with Crippen molar-refractivity contribution in [3.63, 3.8) is 0 Å². The molecule has 0 bridgehead atoms. The van der Waals surface area contributed by atoms with Gasteiger partial charge in [0.1, 0.15) is 12.2 Å². The first-order valence-corrected chi connectivity index (χ1v) is 12.8. The number of urea groups is 1. The molecule has 0 radical (unpaired) electrons. The molecule has 1 aliphatic rings. The van der Waals surface area contributed by atoms with Crippen molar-refractivity contribution in [2.24, 2.45) is 0 Å². The van der Waals surface area contributed by atoms with Crippen molar-refractivity contribution >= 4 is 51.2 Å². The molecule has 3 aromatic carbocycles. The second-order valence-corrected chi connectivity index (χ2v) is 9.30. The maximum atomic E-state index is 13.3. The van der Waals surface area contributed by atoms with Crippen LogP contribution in [0.2, 0.25) is 0 Å². The zero-order valence-corrected chi connectivity index (χ0v) is 22.7. The van der Waals surface area contributed by atoms with Crippen molar-refractivity contribution in [1.82, 2.24) is 5.32 Å². The molecule has 3 aromatic rings. The van der Waals surface area contributed by atoms with Gasteiger partial charge in [-0.3, -0.25) is 25.0 Å². The Morgan fingerprint density at radius 1 is 0.974 bits per heavy atom. The fourth-order valence-electron chi connectivity index (χ4n) is 3.89. The summed E-state index contributed by atoms with van der Waals surface area (Å²) in [5.74, 6) is -0.888. The predicted molar refractivity (Wildman–Crippen MR) is 148 cm³/mol. The van der Waals surface area contributed by atoms with Crippen molar-refractivity contribution in [1.29, 1.82) is 0 Å². The van der Waals surface area contributed by atoms with Crippen molar-refractivity contribution in [3.8, 4) is 11.5 Å². The van der Waals surface area contributed by atoms with E-state index in [1.165, 1.54) is 18.2 Å². The summed E-state index contributed by atoms with van der Waals surface area (Å²) >= 11 is 3.45. The Labute approximate surface area is 232 Å². The van der Waals surface area contributed by atoms with E-state index in [1.54, 1.807) is 43.3 Å². The lowest BCUT2D eigenvalue weighted by Gasteiger charge is -2.26. The first-order valence-electron chi connectivity index (χ1n) is 12.0. The highest BCUT2D eigenvalue weighted by Gasteiger charge is 2.37. The number of hydrogen-bond donors (Lipinski definition) is 1. The number of nitro benzene ring substituents is 1. The predicted octanol–water partition coefficient (Wildman–Crippen LogP) is 5.56. The molecule has 0 unspecified atom stereocenters. The highest BCUT2D eigenvalue weighted by Crippen LogP contribution is 2.36. The monoisotopic (exact) mass is 593 g/mol. The van der Waals surface area contributed by atoms with E-state index < -0.39 is 22.8 Å². The Morgan fingerprint density at radius 3 is 2.36 bits per heavy atom. The number of anilines is 1. The van der Waals surface area contributed by atoms with Crippen molar-refractivity contribution in [3.05, 3.63) is 97.5 Å². The fraction of sp³-hybridized carbons (Fsp3) is 0.179. The normalized spacial score (nSPS) is 14.4. The summed E-state index contributed by atoms with van der Waals surface area (Å²) in [6, 6.07) is 15.4. The molecule has 0 saturated carbocycles. The van der Waals surface area contributed by atoms with E-state index in [9.17, 15) is 24.5 Å². The first-order chi connectivity index (χ1) is 18.7. The zero-order chi connectivity index (χ0) is 28.1. The summed E-state index contributed by atoms with van der Waals surface area (Å²) in [4.78, 5) is 50.0. The number of nitro groups is 1. The molecule has 11 heteroatoms. The average molecular weight is 594 g/mol. The summed E-state index contributed by atoms with van der Waals surface area (Å²) in [5.41, 5.74) is 2.13. The Morgan fingerprint density at radius 2 is 1.69 bits per heavy atom. The highest BCUT2D eigenvalue weighted by atomic mass is 79.9. The second-order valence-electron chi connectivity index (χ2n) is 8.45. The maximum Gasteiger partial charge on any atom is 0.335 e. The Bertz CT molecular complexity index is 1480. The van der Waals surface area contributed by atoms with Crippen LogP contribution in [0.4, 0.5) is 16.2 Å². The van der Waals surface area contributed by atoms with Gasteiger partial charge in [-0.1, -0.05) is 47.1 Å². The molecule has 1 heterocycles. The number of nitrogens with one attached hydrogen (secondary N) is 1. The van der Waals surface area contributed by atoms with Gasteiger partial charge in [-0.2, -0.15) is 0 Å². The molecule has 200 valence electrons. The maximum absolute atomic E-state index is 13.3. The second kappa shape index (κ2) is 11.9. The summed E-state index contributed by atoms with van der Waals surface area (Å²) in [5, 5.41) is 13.3. The number of carbonyl (C=O) groups is 3. The molecule has 1 saturated heterocycles.